The third-order valence-corrected chi connectivity index (χ3v) is 7.75. The maximum absolute atomic E-state index is 12.4. The van der Waals surface area contributed by atoms with Crippen LogP contribution in [0.1, 0.15) is 35.1 Å². The SMILES string of the molecule is Cc1ccc(OC(=O)C[C@@H]2CS(=O)(=O)C[C@H]2CC(=O)Oc2ccc(C)c(C)c2)cc1C. The fraction of sp³-hybridized carbons (Fsp3) is 0.417. The number of hydrogen-bond donors (Lipinski definition) is 0. The van der Waals surface area contributed by atoms with Crippen LogP contribution < -0.4 is 9.47 Å². The standard InChI is InChI=1S/C24H28O6S/c1-15-5-7-21(9-17(15)3)29-23(25)11-19-13-31(27,28)14-20(19)12-24(26)30-22-8-6-16(2)18(4)10-22/h5-10,19-20H,11-14H2,1-4H3/t19-,20-/m1/s1. The number of ether oxygens (including phenoxy) is 2. The van der Waals surface area contributed by atoms with Gasteiger partial charge >= 0.3 is 11.9 Å². The van der Waals surface area contributed by atoms with Crippen LogP contribution in [0.4, 0.5) is 0 Å². The van der Waals surface area contributed by atoms with Gasteiger partial charge in [0.25, 0.3) is 0 Å². The molecule has 0 amide bonds. The van der Waals surface area contributed by atoms with Crippen LogP contribution in [0, 0.1) is 39.5 Å². The smallest absolute Gasteiger partial charge is 0.311 e. The van der Waals surface area contributed by atoms with E-state index in [-0.39, 0.29) is 24.3 Å². The van der Waals surface area contributed by atoms with Gasteiger partial charge in [-0.3, -0.25) is 9.59 Å². The lowest BCUT2D eigenvalue weighted by Crippen LogP contribution is -2.23. The first-order chi connectivity index (χ1) is 14.5. The molecule has 2 aromatic rings. The molecule has 0 N–H and O–H groups in total. The predicted molar refractivity (Wildman–Crippen MR) is 118 cm³/mol. The Hall–Kier alpha value is -2.67. The van der Waals surface area contributed by atoms with Crippen molar-refractivity contribution in [3.8, 4) is 11.5 Å². The van der Waals surface area contributed by atoms with Crippen molar-refractivity contribution in [1.29, 1.82) is 0 Å². The molecule has 31 heavy (non-hydrogen) atoms. The Morgan fingerprint density at radius 1 is 0.742 bits per heavy atom. The van der Waals surface area contributed by atoms with Gasteiger partial charge in [-0.2, -0.15) is 0 Å². The molecule has 6 nitrogen and oxygen atoms in total. The summed E-state index contributed by atoms with van der Waals surface area (Å²) in [4.78, 5) is 24.9. The average molecular weight is 445 g/mol. The lowest BCUT2D eigenvalue weighted by molar-refractivity contribution is -0.138. The van der Waals surface area contributed by atoms with Gasteiger partial charge in [-0.15, -0.1) is 0 Å². The molecule has 166 valence electrons. The first-order valence-electron chi connectivity index (χ1n) is 10.3. The monoisotopic (exact) mass is 444 g/mol. The fourth-order valence-corrected chi connectivity index (χ4v) is 5.99. The highest BCUT2D eigenvalue weighted by atomic mass is 32.2. The summed E-state index contributed by atoms with van der Waals surface area (Å²) in [7, 11) is -3.32. The average Bonchev–Trinajstić information content (AvgIpc) is 2.94. The minimum absolute atomic E-state index is 0.0618. The third-order valence-electron chi connectivity index (χ3n) is 5.88. The number of rotatable bonds is 6. The van der Waals surface area contributed by atoms with E-state index in [0.717, 1.165) is 22.3 Å². The molecule has 1 fully saturated rings. The van der Waals surface area contributed by atoms with Crippen molar-refractivity contribution in [3.05, 3.63) is 58.7 Å². The third kappa shape index (κ3) is 6.17. The highest BCUT2D eigenvalue weighted by Gasteiger charge is 2.40. The summed E-state index contributed by atoms with van der Waals surface area (Å²) in [5, 5.41) is 0. The maximum Gasteiger partial charge on any atom is 0.311 e. The van der Waals surface area contributed by atoms with E-state index in [1.807, 2.05) is 39.8 Å². The molecule has 3 rings (SSSR count). The Bertz CT molecular complexity index is 1020. The van der Waals surface area contributed by atoms with Gasteiger partial charge in [-0.25, -0.2) is 8.42 Å². The maximum atomic E-state index is 12.4. The molecule has 2 aromatic carbocycles. The van der Waals surface area contributed by atoms with Crippen LogP contribution >= 0.6 is 0 Å². The van der Waals surface area contributed by atoms with Crippen LogP contribution in [0.5, 0.6) is 11.5 Å². The first-order valence-corrected chi connectivity index (χ1v) is 12.1. The number of esters is 2. The van der Waals surface area contributed by atoms with Gasteiger partial charge in [0, 0.05) is 0 Å². The number of benzene rings is 2. The summed E-state index contributed by atoms with van der Waals surface area (Å²) in [6.07, 6.45) is -0.124. The van der Waals surface area contributed by atoms with Crippen molar-refractivity contribution in [3.63, 3.8) is 0 Å². The van der Waals surface area contributed by atoms with Crippen molar-refractivity contribution in [2.24, 2.45) is 11.8 Å². The van der Waals surface area contributed by atoms with E-state index in [9.17, 15) is 18.0 Å². The second kappa shape index (κ2) is 9.22. The molecule has 1 saturated heterocycles. The summed E-state index contributed by atoms with van der Waals surface area (Å²) in [5.41, 5.74) is 4.18. The molecule has 0 aromatic heterocycles. The van der Waals surface area contributed by atoms with E-state index in [4.69, 9.17) is 9.47 Å². The van der Waals surface area contributed by atoms with E-state index in [1.54, 1.807) is 24.3 Å². The van der Waals surface area contributed by atoms with Crippen molar-refractivity contribution >= 4 is 21.8 Å². The van der Waals surface area contributed by atoms with Crippen molar-refractivity contribution in [2.75, 3.05) is 11.5 Å². The molecule has 0 unspecified atom stereocenters. The molecule has 0 aliphatic carbocycles. The number of hydrogen-bond acceptors (Lipinski definition) is 6. The summed E-state index contributed by atoms with van der Waals surface area (Å²) in [6.45, 7) is 7.78. The highest BCUT2D eigenvalue weighted by Crippen LogP contribution is 2.32. The topological polar surface area (TPSA) is 86.7 Å². The molecule has 2 atom stereocenters. The normalized spacial score (nSPS) is 19.7. The Morgan fingerprint density at radius 3 is 1.48 bits per heavy atom. The number of carbonyl (C=O) groups excluding carboxylic acids is 2. The van der Waals surface area contributed by atoms with Crippen molar-refractivity contribution < 1.29 is 27.5 Å². The number of aryl methyl sites for hydroxylation is 4. The molecular formula is C24H28O6S. The second-order valence-electron chi connectivity index (χ2n) is 8.45. The van der Waals surface area contributed by atoms with Crippen LogP contribution in [-0.4, -0.2) is 31.9 Å². The minimum Gasteiger partial charge on any atom is -0.427 e. The van der Waals surface area contributed by atoms with E-state index in [1.165, 1.54) is 0 Å². The van der Waals surface area contributed by atoms with Crippen LogP contribution in [0.2, 0.25) is 0 Å². The number of carbonyl (C=O) groups is 2. The molecule has 0 bridgehead atoms. The van der Waals surface area contributed by atoms with E-state index in [2.05, 4.69) is 0 Å². The molecule has 7 heteroatoms. The summed E-state index contributed by atoms with van der Waals surface area (Å²) < 4.78 is 35.2. The molecule has 1 aliphatic heterocycles. The lowest BCUT2D eigenvalue weighted by atomic mass is 9.90. The van der Waals surface area contributed by atoms with Gasteiger partial charge < -0.3 is 9.47 Å². The molecule has 1 heterocycles. The Morgan fingerprint density at radius 2 is 1.13 bits per heavy atom. The quantitative estimate of drug-likeness (QED) is 0.497. The van der Waals surface area contributed by atoms with Gasteiger partial charge in [0.2, 0.25) is 0 Å². The molecule has 0 spiro atoms. The van der Waals surface area contributed by atoms with Crippen molar-refractivity contribution in [1.82, 2.24) is 0 Å². The molecule has 0 radical (unpaired) electrons. The van der Waals surface area contributed by atoms with Gasteiger partial charge in [-0.05, 0) is 86.1 Å². The summed E-state index contributed by atoms with van der Waals surface area (Å²) in [6, 6.07) is 10.7. The predicted octanol–water partition coefficient (Wildman–Crippen LogP) is 3.87. The zero-order valence-electron chi connectivity index (χ0n) is 18.3. The Kier molecular flexibility index (Phi) is 6.84. The molecule has 0 saturated carbocycles. The lowest BCUT2D eigenvalue weighted by Gasteiger charge is -2.17. The van der Waals surface area contributed by atoms with Crippen LogP contribution in [0.25, 0.3) is 0 Å². The number of sulfone groups is 1. The van der Waals surface area contributed by atoms with Crippen LogP contribution in [0.15, 0.2) is 36.4 Å². The minimum atomic E-state index is -3.32. The van der Waals surface area contributed by atoms with Gasteiger partial charge in [0.15, 0.2) is 9.84 Å². The van der Waals surface area contributed by atoms with E-state index >= 15 is 0 Å². The zero-order valence-corrected chi connectivity index (χ0v) is 19.1. The van der Waals surface area contributed by atoms with E-state index in [0.29, 0.717) is 11.5 Å². The summed E-state index contributed by atoms with van der Waals surface area (Å²) >= 11 is 0. The van der Waals surface area contributed by atoms with Gasteiger partial charge in [0.1, 0.15) is 11.5 Å². The highest BCUT2D eigenvalue weighted by molar-refractivity contribution is 7.91. The van der Waals surface area contributed by atoms with Crippen molar-refractivity contribution in [2.45, 2.75) is 40.5 Å². The van der Waals surface area contributed by atoms with Crippen LogP contribution in [-0.2, 0) is 19.4 Å². The Labute approximate surface area is 183 Å². The molecular weight excluding hydrogens is 416 g/mol. The van der Waals surface area contributed by atoms with Gasteiger partial charge in [-0.1, -0.05) is 12.1 Å². The fourth-order valence-electron chi connectivity index (χ4n) is 3.77. The van der Waals surface area contributed by atoms with E-state index < -0.39 is 33.6 Å². The van der Waals surface area contributed by atoms with Crippen LogP contribution in [0.3, 0.4) is 0 Å². The zero-order chi connectivity index (χ0) is 22.8. The largest absolute Gasteiger partial charge is 0.427 e. The Balaban J connectivity index is 1.63. The molecule has 1 aliphatic rings. The van der Waals surface area contributed by atoms with Gasteiger partial charge in [0.05, 0.1) is 24.3 Å². The second-order valence-corrected chi connectivity index (χ2v) is 10.6. The summed E-state index contributed by atoms with van der Waals surface area (Å²) in [5.74, 6) is -1.35. The first kappa shape index (κ1) is 23.0.